The molecule has 0 saturated carbocycles. The van der Waals surface area contributed by atoms with E-state index in [1.165, 1.54) is 166 Å². The summed E-state index contributed by atoms with van der Waals surface area (Å²) in [5, 5.41) is 2.70. The van der Waals surface area contributed by atoms with Crippen LogP contribution in [0, 0.1) is 0 Å². The Morgan fingerprint density at radius 2 is 0.885 bits per heavy atom. The Labute approximate surface area is 371 Å². The number of imide groups is 1. The summed E-state index contributed by atoms with van der Waals surface area (Å²) in [7, 11) is 0. The highest BCUT2D eigenvalue weighted by Gasteiger charge is 2.23. The Hall–Kier alpha value is -2.79. The van der Waals surface area contributed by atoms with Gasteiger partial charge in [0.2, 0.25) is 5.91 Å². The molecule has 1 atom stereocenters. The molecule has 0 aromatic rings. The van der Waals surface area contributed by atoms with Crippen molar-refractivity contribution in [3.8, 4) is 0 Å². The molecule has 0 radical (unpaired) electrons. The van der Waals surface area contributed by atoms with Gasteiger partial charge < -0.3 is 24.3 Å². The maximum atomic E-state index is 12.8. The summed E-state index contributed by atoms with van der Waals surface area (Å²) in [6.07, 6.45) is 40.3. The molecule has 0 aromatic heterocycles. The molecule has 0 saturated heterocycles. The zero-order valence-corrected chi connectivity index (χ0v) is 39.1. The first-order chi connectivity index (χ1) is 29.9. The number of carbonyl (C=O) groups is 5. The number of hydrogen-bond acceptors (Lipinski definition) is 9. The molecular formula is C50H90N2O9. The molecule has 1 rings (SSSR count). The van der Waals surface area contributed by atoms with Crippen molar-refractivity contribution in [2.75, 3.05) is 46.1 Å². The van der Waals surface area contributed by atoms with E-state index in [2.05, 4.69) is 19.2 Å². The van der Waals surface area contributed by atoms with Crippen molar-refractivity contribution in [2.24, 2.45) is 0 Å². The number of carbonyl (C=O) groups excluding carboxylic acids is 5. The van der Waals surface area contributed by atoms with Crippen LogP contribution >= 0.6 is 0 Å². The predicted molar refractivity (Wildman–Crippen MR) is 245 cm³/mol. The lowest BCUT2D eigenvalue weighted by Crippen LogP contribution is -2.35. The molecule has 61 heavy (non-hydrogen) atoms. The maximum Gasteiger partial charge on any atom is 0.306 e. The fourth-order valence-electron chi connectivity index (χ4n) is 7.55. The van der Waals surface area contributed by atoms with Crippen molar-refractivity contribution in [3.63, 3.8) is 0 Å². The van der Waals surface area contributed by atoms with Crippen LogP contribution in [0.15, 0.2) is 12.2 Å². The summed E-state index contributed by atoms with van der Waals surface area (Å²) in [5.74, 6) is -1.68. The molecule has 0 spiro atoms. The molecule has 3 amide bonds. The summed E-state index contributed by atoms with van der Waals surface area (Å²) >= 11 is 0. The SMILES string of the molecule is CCCCCCCCCCCCCCCCCC(=O)OCC(COCCOCCNC(=O)CCN1C(=O)C=CC1=O)OC(=O)CCCCCCCCCCCCCCCCC. The van der Waals surface area contributed by atoms with Gasteiger partial charge in [-0.15, -0.1) is 0 Å². The normalized spacial score (nSPS) is 13.0. The van der Waals surface area contributed by atoms with Crippen LogP contribution in [0.25, 0.3) is 0 Å². The van der Waals surface area contributed by atoms with Crippen LogP contribution in [0.2, 0.25) is 0 Å². The van der Waals surface area contributed by atoms with Crippen LogP contribution in [0.1, 0.15) is 226 Å². The zero-order chi connectivity index (χ0) is 44.3. The number of hydrogen-bond donors (Lipinski definition) is 1. The largest absolute Gasteiger partial charge is 0.462 e. The Bertz CT molecular complexity index is 1110. The molecule has 1 aliphatic heterocycles. The van der Waals surface area contributed by atoms with Gasteiger partial charge in [-0.25, -0.2) is 0 Å². The molecule has 0 bridgehead atoms. The fourth-order valence-corrected chi connectivity index (χ4v) is 7.55. The maximum absolute atomic E-state index is 12.8. The van der Waals surface area contributed by atoms with E-state index < -0.39 is 17.9 Å². The van der Waals surface area contributed by atoms with Crippen molar-refractivity contribution in [3.05, 3.63) is 12.2 Å². The molecule has 1 aliphatic rings. The number of nitrogens with one attached hydrogen (secondary N) is 1. The second-order valence-electron chi connectivity index (χ2n) is 17.1. The average molecular weight is 863 g/mol. The molecule has 1 heterocycles. The summed E-state index contributed by atoms with van der Waals surface area (Å²) in [5.41, 5.74) is 0. The lowest BCUT2D eigenvalue weighted by atomic mass is 10.0. The smallest absolute Gasteiger partial charge is 0.306 e. The van der Waals surface area contributed by atoms with Crippen molar-refractivity contribution in [1.29, 1.82) is 0 Å². The quantitative estimate of drug-likeness (QED) is 0.0360. The van der Waals surface area contributed by atoms with Crippen LogP contribution in [0.5, 0.6) is 0 Å². The third kappa shape index (κ3) is 36.4. The number of amides is 3. The van der Waals surface area contributed by atoms with Crippen LogP contribution < -0.4 is 5.32 Å². The van der Waals surface area contributed by atoms with Gasteiger partial charge >= 0.3 is 11.9 Å². The van der Waals surface area contributed by atoms with Gasteiger partial charge in [-0.05, 0) is 12.8 Å². The van der Waals surface area contributed by atoms with Gasteiger partial charge in [-0.2, -0.15) is 0 Å². The first-order valence-corrected chi connectivity index (χ1v) is 25.2. The lowest BCUT2D eigenvalue weighted by molar-refractivity contribution is -0.163. The average Bonchev–Trinajstić information content (AvgIpc) is 3.58. The van der Waals surface area contributed by atoms with E-state index >= 15 is 0 Å². The van der Waals surface area contributed by atoms with E-state index in [9.17, 15) is 24.0 Å². The second-order valence-corrected chi connectivity index (χ2v) is 17.1. The van der Waals surface area contributed by atoms with Crippen molar-refractivity contribution in [2.45, 2.75) is 232 Å². The van der Waals surface area contributed by atoms with Gasteiger partial charge in [0.15, 0.2) is 6.10 Å². The molecule has 1 unspecified atom stereocenters. The summed E-state index contributed by atoms with van der Waals surface area (Å²) in [6.45, 7) is 5.63. The summed E-state index contributed by atoms with van der Waals surface area (Å²) < 4.78 is 22.5. The summed E-state index contributed by atoms with van der Waals surface area (Å²) in [6, 6.07) is 0. The van der Waals surface area contributed by atoms with Gasteiger partial charge in [0.25, 0.3) is 11.8 Å². The van der Waals surface area contributed by atoms with E-state index in [-0.39, 0.29) is 70.4 Å². The molecule has 11 nitrogen and oxygen atoms in total. The van der Waals surface area contributed by atoms with E-state index in [0.29, 0.717) is 12.8 Å². The minimum atomic E-state index is -0.697. The number of ether oxygens (including phenoxy) is 4. The minimum Gasteiger partial charge on any atom is -0.462 e. The minimum absolute atomic E-state index is 0.0197. The van der Waals surface area contributed by atoms with Gasteiger partial charge in [-0.1, -0.05) is 194 Å². The highest BCUT2D eigenvalue weighted by atomic mass is 16.6. The molecule has 354 valence electrons. The topological polar surface area (TPSA) is 138 Å². The van der Waals surface area contributed by atoms with Crippen LogP contribution in [-0.4, -0.2) is 86.8 Å². The van der Waals surface area contributed by atoms with Gasteiger partial charge in [0.1, 0.15) is 6.61 Å². The standard InChI is InChI=1S/C50H90N2O9/c1-3-5-7-9-11-13-15-17-19-21-23-25-27-29-31-33-49(56)60-44-45(43-59-42-41-58-40-38-51-46(53)37-39-52-47(54)35-36-48(52)55)61-50(57)34-32-30-28-26-24-22-20-18-16-14-12-10-8-6-4-2/h35-36,45H,3-34,37-44H2,1-2H3,(H,51,53). The zero-order valence-electron chi connectivity index (χ0n) is 39.1. The molecular weight excluding hydrogens is 773 g/mol. The van der Waals surface area contributed by atoms with Crippen molar-refractivity contribution >= 4 is 29.7 Å². The third-order valence-corrected chi connectivity index (χ3v) is 11.4. The summed E-state index contributed by atoms with van der Waals surface area (Å²) in [4.78, 5) is 61.7. The van der Waals surface area contributed by atoms with Crippen LogP contribution in [0.4, 0.5) is 0 Å². The lowest BCUT2D eigenvalue weighted by Gasteiger charge is -2.18. The Morgan fingerprint density at radius 1 is 0.492 bits per heavy atom. The van der Waals surface area contributed by atoms with Crippen molar-refractivity contribution in [1.82, 2.24) is 10.2 Å². The van der Waals surface area contributed by atoms with Gasteiger partial charge in [-0.3, -0.25) is 28.9 Å². The first kappa shape index (κ1) is 56.2. The fraction of sp³-hybridized carbons (Fsp3) is 0.860. The molecule has 0 fully saturated rings. The predicted octanol–water partition coefficient (Wildman–Crippen LogP) is 11.4. The number of esters is 2. The third-order valence-electron chi connectivity index (χ3n) is 11.4. The molecule has 0 aliphatic carbocycles. The first-order valence-electron chi connectivity index (χ1n) is 25.2. The van der Waals surface area contributed by atoms with Gasteiger partial charge in [0.05, 0.1) is 26.4 Å². The Morgan fingerprint density at radius 3 is 1.33 bits per heavy atom. The molecule has 0 aromatic carbocycles. The van der Waals surface area contributed by atoms with Crippen LogP contribution in [0.3, 0.4) is 0 Å². The van der Waals surface area contributed by atoms with E-state index in [1.807, 2.05) is 0 Å². The highest BCUT2D eigenvalue weighted by molar-refractivity contribution is 6.13. The van der Waals surface area contributed by atoms with Crippen molar-refractivity contribution < 1.29 is 42.9 Å². The van der Waals surface area contributed by atoms with E-state index in [4.69, 9.17) is 18.9 Å². The van der Waals surface area contributed by atoms with Crippen LogP contribution in [-0.2, 0) is 42.9 Å². The number of unbranched alkanes of at least 4 members (excludes halogenated alkanes) is 28. The number of nitrogens with zero attached hydrogens (tertiary/aromatic N) is 1. The van der Waals surface area contributed by atoms with E-state index in [0.717, 1.165) is 43.4 Å². The molecule has 1 N–H and O–H groups in total. The second kappa shape index (κ2) is 42.5. The number of rotatable bonds is 46. The Balaban J connectivity index is 2.24. The Kier molecular flexibility index (Phi) is 39.2. The molecule has 11 heteroatoms. The monoisotopic (exact) mass is 863 g/mol. The van der Waals surface area contributed by atoms with E-state index in [1.54, 1.807) is 0 Å². The highest BCUT2D eigenvalue weighted by Crippen LogP contribution is 2.16. The van der Waals surface area contributed by atoms with Gasteiger partial charge in [0, 0.05) is 44.5 Å².